The van der Waals surface area contributed by atoms with Gasteiger partial charge < -0.3 is 40.0 Å². The van der Waals surface area contributed by atoms with Crippen LogP contribution in [0.25, 0.3) is 0 Å². The van der Waals surface area contributed by atoms with Gasteiger partial charge in [-0.2, -0.15) is 0 Å². The van der Waals surface area contributed by atoms with Crippen molar-refractivity contribution < 1.29 is 10.2 Å². The molecule has 0 saturated carbocycles. The minimum atomic E-state index is -0.829. The molecule has 0 saturated heterocycles. The maximum atomic E-state index is 8.96. The van der Waals surface area contributed by atoms with Crippen molar-refractivity contribution >= 4 is 29.2 Å². The molecule has 60 valence electrons. The average Bonchev–Trinajstić information content (AvgIpc) is 1.59. The van der Waals surface area contributed by atoms with Gasteiger partial charge in [0.25, 0.3) is 0 Å². The van der Waals surface area contributed by atoms with Crippen LogP contribution in [-0.2, 0) is 12.6 Å². The Hall–Kier alpha value is 0.0300. The van der Waals surface area contributed by atoms with Gasteiger partial charge in [-0.05, 0) is 13.8 Å². The van der Waals surface area contributed by atoms with Gasteiger partial charge in [0.15, 0.2) is 0 Å². The van der Waals surface area contributed by atoms with Crippen LogP contribution >= 0.6 is 12.2 Å². The third-order valence-corrected chi connectivity index (χ3v) is 1.44. The maximum absolute atomic E-state index is 8.96. The first-order valence-electron chi connectivity index (χ1n) is 2.82. The van der Waals surface area contributed by atoms with Crippen LogP contribution < -0.4 is 0 Å². The standard InChI is InChI=1S/C5H11NO2S2/c1-3(7)6(4(2)8)5(9)10/h3-4,7-8H,1-2H3,(H,9,10)/p-1. The van der Waals surface area contributed by atoms with E-state index in [-0.39, 0.29) is 4.32 Å². The molecule has 5 heteroatoms. The molecule has 2 atom stereocenters. The van der Waals surface area contributed by atoms with Gasteiger partial charge in [-0.1, -0.05) is 4.32 Å². The molecule has 3 nitrogen and oxygen atoms in total. The van der Waals surface area contributed by atoms with Crippen molar-refractivity contribution in [3.05, 3.63) is 0 Å². The lowest BCUT2D eigenvalue weighted by atomic mass is 10.5. The van der Waals surface area contributed by atoms with E-state index >= 15 is 0 Å². The zero-order chi connectivity index (χ0) is 8.31. The summed E-state index contributed by atoms with van der Waals surface area (Å²) in [6, 6.07) is 0. The highest BCUT2D eigenvalue weighted by Crippen LogP contribution is 2.01. The fourth-order valence-corrected chi connectivity index (χ4v) is 1.23. The summed E-state index contributed by atoms with van der Waals surface area (Å²) >= 11 is 9.18. The number of aliphatic hydroxyl groups excluding tert-OH is 2. The Morgan fingerprint density at radius 3 is 1.70 bits per heavy atom. The zero-order valence-electron chi connectivity index (χ0n) is 5.81. The highest BCUT2D eigenvalue weighted by atomic mass is 32.1. The van der Waals surface area contributed by atoms with Gasteiger partial charge in [-0.25, -0.2) is 0 Å². The molecule has 0 amide bonds. The molecule has 2 unspecified atom stereocenters. The van der Waals surface area contributed by atoms with Crippen molar-refractivity contribution in [2.45, 2.75) is 26.3 Å². The molecule has 0 aliphatic carbocycles. The summed E-state index contributed by atoms with van der Waals surface area (Å²) in [5.41, 5.74) is 0. The molecule has 0 fully saturated rings. The molecule has 0 bridgehead atoms. The molecule has 0 radical (unpaired) electrons. The average molecular weight is 180 g/mol. The van der Waals surface area contributed by atoms with Crippen molar-refractivity contribution in [2.24, 2.45) is 0 Å². The smallest absolute Gasteiger partial charge is 0.124 e. The van der Waals surface area contributed by atoms with Gasteiger partial charge in [0.05, 0.1) is 0 Å². The van der Waals surface area contributed by atoms with Crippen LogP contribution in [0.5, 0.6) is 0 Å². The molecular weight excluding hydrogens is 170 g/mol. The summed E-state index contributed by atoms with van der Waals surface area (Å²) in [5, 5.41) is 17.9. The van der Waals surface area contributed by atoms with Crippen molar-refractivity contribution in [3.63, 3.8) is 0 Å². The largest absolute Gasteiger partial charge is 0.411 e. The molecule has 10 heavy (non-hydrogen) atoms. The number of aliphatic hydroxyl groups is 2. The molecule has 0 rings (SSSR count). The van der Waals surface area contributed by atoms with E-state index in [9.17, 15) is 0 Å². The number of thiocarbonyl (C=S) groups is 1. The van der Waals surface area contributed by atoms with E-state index in [0.717, 1.165) is 4.90 Å². The van der Waals surface area contributed by atoms with Crippen molar-refractivity contribution in [3.8, 4) is 0 Å². The van der Waals surface area contributed by atoms with Crippen LogP contribution in [0.15, 0.2) is 0 Å². The predicted octanol–water partition coefficient (Wildman–Crippen LogP) is -0.203. The van der Waals surface area contributed by atoms with Gasteiger partial charge >= 0.3 is 0 Å². The normalized spacial score (nSPS) is 16.0. The lowest BCUT2D eigenvalue weighted by Gasteiger charge is -2.33. The van der Waals surface area contributed by atoms with Crippen molar-refractivity contribution in [2.75, 3.05) is 0 Å². The highest BCUT2D eigenvalue weighted by Gasteiger charge is 2.11. The molecule has 0 aromatic carbocycles. The molecular formula is C5H10NO2S2-. The molecule has 0 heterocycles. The summed E-state index contributed by atoms with van der Waals surface area (Å²) in [7, 11) is 0. The Morgan fingerprint density at radius 2 is 1.70 bits per heavy atom. The minimum absolute atomic E-state index is 0.0741. The Morgan fingerprint density at radius 1 is 1.40 bits per heavy atom. The molecule has 2 N–H and O–H groups in total. The van der Waals surface area contributed by atoms with Gasteiger partial charge in [0.2, 0.25) is 0 Å². The van der Waals surface area contributed by atoms with Crippen LogP contribution in [-0.4, -0.2) is 31.9 Å². The molecule has 0 aromatic rings. The third-order valence-electron chi connectivity index (χ3n) is 1.02. The lowest BCUT2D eigenvalue weighted by Crippen LogP contribution is -2.42. The Labute approximate surface area is 71.1 Å². The number of hydrogen-bond donors (Lipinski definition) is 2. The maximum Gasteiger partial charge on any atom is 0.124 e. The first-order chi connectivity index (χ1) is 4.46. The van der Waals surface area contributed by atoms with E-state index in [1.165, 1.54) is 13.8 Å². The zero-order valence-corrected chi connectivity index (χ0v) is 7.45. The van der Waals surface area contributed by atoms with Crippen molar-refractivity contribution in [1.82, 2.24) is 4.90 Å². The number of hydrogen-bond acceptors (Lipinski definition) is 4. The Bertz CT molecular complexity index is 119. The van der Waals surface area contributed by atoms with E-state index in [1.807, 2.05) is 0 Å². The fraction of sp³-hybridized carbons (Fsp3) is 0.800. The molecule has 0 aromatic heterocycles. The van der Waals surface area contributed by atoms with Gasteiger partial charge in [0, 0.05) is 0 Å². The number of nitrogens with zero attached hydrogens (tertiary/aromatic N) is 1. The van der Waals surface area contributed by atoms with Crippen LogP contribution in [0, 0.1) is 0 Å². The first kappa shape index (κ1) is 10.0. The van der Waals surface area contributed by atoms with E-state index in [4.69, 9.17) is 10.2 Å². The predicted molar refractivity (Wildman–Crippen MR) is 45.2 cm³/mol. The van der Waals surface area contributed by atoms with Gasteiger partial charge in [0.1, 0.15) is 12.5 Å². The summed E-state index contributed by atoms with van der Waals surface area (Å²) < 4.78 is 0.0741. The third kappa shape index (κ3) is 2.74. The van der Waals surface area contributed by atoms with E-state index in [0.29, 0.717) is 0 Å². The highest BCUT2D eigenvalue weighted by molar-refractivity contribution is 8.00. The summed E-state index contributed by atoms with van der Waals surface area (Å²) in [6.45, 7) is 2.98. The SMILES string of the molecule is CC(O)N(C(=S)[S-])C(C)O. The van der Waals surface area contributed by atoms with Crippen LogP contribution in [0.4, 0.5) is 0 Å². The summed E-state index contributed by atoms with van der Waals surface area (Å²) in [5.74, 6) is 0. The lowest BCUT2D eigenvalue weighted by molar-refractivity contribution is -0.0310. The second kappa shape index (κ2) is 4.02. The Balaban J connectivity index is 4.12. The van der Waals surface area contributed by atoms with Crippen molar-refractivity contribution in [1.29, 1.82) is 0 Å². The van der Waals surface area contributed by atoms with Crippen LogP contribution in [0.2, 0.25) is 0 Å². The number of rotatable bonds is 2. The van der Waals surface area contributed by atoms with E-state index < -0.39 is 12.5 Å². The van der Waals surface area contributed by atoms with Gasteiger partial charge in [-0.15, -0.1) is 0 Å². The van der Waals surface area contributed by atoms with E-state index in [2.05, 4.69) is 24.8 Å². The Kier molecular flexibility index (Phi) is 4.04. The molecule has 0 aliphatic rings. The first-order valence-corrected chi connectivity index (χ1v) is 3.64. The second-order valence-corrected chi connectivity index (χ2v) is 2.97. The quantitative estimate of drug-likeness (QED) is 0.350. The molecule has 0 spiro atoms. The van der Waals surface area contributed by atoms with Gasteiger partial charge in [-0.3, -0.25) is 0 Å². The monoisotopic (exact) mass is 180 g/mol. The summed E-state index contributed by atoms with van der Waals surface area (Å²) in [6.07, 6.45) is -1.66. The fourth-order valence-electron chi connectivity index (χ4n) is 0.617. The topological polar surface area (TPSA) is 43.7 Å². The van der Waals surface area contributed by atoms with E-state index in [1.54, 1.807) is 0 Å². The minimum Gasteiger partial charge on any atom is -0.411 e. The van der Waals surface area contributed by atoms with Crippen LogP contribution in [0.3, 0.4) is 0 Å². The second-order valence-electron chi connectivity index (χ2n) is 1.94. The van der Waals surface area contributed by atoms with Crippen LogP contribution in [0.1, 0.15) is 13.8 Å². The summed E-state index contributed by atoms with van der Waals surface area (Å²) in [4.78, 5) is 1.16. The molecule has 0 aliphatic heterocycles.